The van der Waals surface area contributed by atoms with Crippen LogP contribution in [-0.4, -0.2) is 24.2 Å². The van der Waals surface area contributed by atoms with Crippen LogP contribution in [0.5, 0.6) is 0 Å². The lowest BCUT2D eigenvalue weighted by Gasteiger charge is -2.40. The third-order valence-corrected chi connectivity index (χ3v) is 10.0. The van der Waals surface area contributed by atoms with Gasteiger partial charge in [-0.25, -0.2) is 0 Å². The smallest absolute Gasteiger partial charge is 0.0603 e. The first-order chi connectivity index (χ1) is 12.3. The van der Waals surface area contributed by atoms with Gasteiger partial charge in [0.15, 0.2) is 0 Å². The summed E-state index contributed by atoms with van der Waals surface area (Å²) in [5.74, 6) is 6.44. The molecule has 4 aliphatic rings. The molecule has 0 radical (unpaired) electrons. The minimum Gasteiger partial charge on any atom is -0.378 e. The lowest BCUT2D eigenvalue weighted by atomic mass is 9.69. The van der Waals surface area contributed by atoms with Crippen LogP contribution in [0.2, 0.25) is 0 Å². The molecular weight excluding hydrogens is 344 g/mol. The summed E-state index contributed by atoms with van der Waals surface area (Å²) < 4.78 is 7.90. The first-order valence-electron chi connectivity index (χ1n) is 10.9. The van der Waals surface area contributed by atoms with E-state index in [2.05, 4.69) is 30.4 Å². The predicted molar refractivity (Wildman–Crippen MR) is 112 cm³/mol. The van der Waals surface area contributed by atoms with Crippen LogP contribution in [0.15, 0.2) is 9.81 Å². The van der Waals surface area contributed by atoms with Crippen LogP contribution in [0.4, 0.5) is 0 Å². The molecule has 0 spiro atoms. The second-order valence-electron chi connectivity index (χ2n) is 9.01. The highest BCUT2D eigenvalue weighted by Gasteiger charge is 2.34. The van der Waals surface area contributed by atoms with Crippen molar-refractivity contribution in [2.24, 2.45) is 23.7 Å². The van der Waals surface area contributed by atoms with Crippen molar-refractivity contribution in [1.82, 2.24) is 0 Å². The van der Waals surface area contributed by atoms with E-state index in [4.69, 9.17) is 4.74 Å². The van der Waals surface area contributed by atoms with Crippen LogP contribution in [0.25, 0.3) is 0 Å². The van der Waals surface area contributed by atoms with Gasteiger partial charge in [-0.05, 0) is 106 Å². The first-order valence-corrected chi connectivity index (χ1v) is 12.9. The molecule has 0 amide bonds. The SMILES string of the molecule is CC1CCC(C2CCC(C3CCC(=C4SCCCS4)CC3)CC2)OC1. The summed E-state index contributed by atoms with van der Waals surface area (Å²) in [5.41, 5.74) is 1.82. The highest BCUT2D eigenvalue weighted by Crippen LogP contribution is 2.46. The maximum Gasteiger partial charge on any atom is 0.0603 e. The van der Waals surface area contributed by atoms with Crippen molar-refractivity contribution < 1.29 is 4.74 Å². The summed E-state index contributed by atoms with van der Waals surface area (Å²) in [6.45, 7) is 3.35. The number of rotatable bonds is 2. The van der Waals surface area contributed by atoms with Crippen molar-refractivity contribution >= 4 is 23.5 Å². The van der Waals surface area contributed by atoms with E-state index >= 15 is 0 Å². The van der Waals surface area contributed by atoms with Gasteiger partial charge in [0, 0.05) is 10.8 Å². The van der Waals surface area contributed by atoms with E-state index in [9.17, 15) is 0 Å². The normalized spacial score (nSPS) is 40.9. The highest BCUT2D eigenvalue weighted by atomic mass is 32.2. The standard InChI is InChI=1S/C22H36OS2/c1-16-3-12-21(23-15-16)19-8-4-17(5-9-19)18-6-10-20(11-7-18)22-24-13-2-14-25-22/h16-19,21H,2-15H2,1H3. The van der Waals surface area contributed by atoms with Gasteiger partial charge in [0.25, 0.3) is 0 Å². The second kappa shape index (κ2) is 9.06. The van der Waals surface area contributed by atoms with Gasteiger partial charge in [-0.3, -0.25) is 0 Å². The Balaban J connectivity index is 1.22. The third kappa shape index (κ3) is 4.82. The molecule has 3 heteroatoms. The Bertz CT molecular complexity index is 441. The van der Waals surface area contributed by atoms with Crippen molar-refractivity contribution in [1.29, 1.82) is 0 Å². The zero-order valence-electron chi connectivity index (χ0n) is 16.0. The molecular formula is C22H36OS2. The highest BCUT2D eigenvalue weighted by molar-refractivity contribution is 8.22. The molecule has 2 saturated heterocycles. The molecule has 0 aromatic carbocycles. The van der Waals surface area contributed by atoms with Gasteiger partial charge in [0.2, 0.25) is 0 Å². The van der Waals surface area contributed by atoms with Crippen LogP contribution < -0.4 is 0 Å². The third-order valence-electron chi connectivity index (χ3n) is 7.23. The Morgan fingerprint density at radius 2 is 1.40 bits per heavy atom. The summed E-state index contributed by atoms with van der Waals surface area (Å²) in [5, 5.41) is 0. The van der Waals surface area contributed by atoms with Crippen LogP contribution >= 0.6 is 23.5 Å². The monoisotopic (exact) mass is 380 g/mol. The summed E-state index contributed by atoms with van der Waals surface area (Å²) in [4.78, 5) is 0. The van der Waals surface area contributed by atoms with Gasteiger partial charge in [0.05, 0.1) is 6.10 Å². The molecule has 4 fully saturated rings. The molecule has 4 rings (SSSR count). The van der Waals surface area contributed by atoms with Crippen LogP contribution in [-0.2, 0) is 4.74 Å². The van der Waals surface area contributed by atoms with Crippen LogP contribution in [0, 0.1) is 23.7 Å². The molecule has 0 bridgehead atoms. The van der Waals surface area contributed by atoms with Gasteiger partial charge in [0.1, 0.15) is 0 Å². The molecule has 2 atom stereocenters. The van der Waals surface area contributed by atoms with Crippen molar-refractivity contribution in [3.8, 4) is 0 Å². The van der Waals surface area contributed by atoms with E-state index in [1.165, 1.54) is 82.1 Å². The first kappa shape index (κ1) is 18.7. The molecule has 1 nitrogen and oxygen atoms in total. The minimum atomic E-state index is 0.597. The average molecular weight is 381 g/mol. The van der Waals surface area contributed by atoms with E-state index < -0.39 is 0 Å². The molecule has 2 saturated carbocycles. The Hall–Kier alpha value is 0.400. The van der Waals surface area contributed by atoms with Crippen molar-refractivity contribution in [3.63, 3.8) is 0 Å². The zero-order valence-corrected chi connectivity index (χ0v) is 17.6. The maximum atomic E-state index is 6.18. The quantitative estimate of drug-likeness (QED) is 0.517. The summed E-state index contributed by atoms with van der Waals surface area (Å²) in [6.07, 6.45) is 16.3. The van der Waals surface area contributed by atoms with Gasteiger partial charge in [-0.2, -0.15) is 0 Å². The summed E-state index contributed by atoms with van der Waals surface area (Å²) >= 11 is 4.30. The number of hydrogen-bond acceptors (Lipinski definition) is 3. The van der Waals surface area contributed by atoms with Crippen molar-refractivity contribution in [3.05, 3.63) is 9.81 Å². The number of hydrogen-bond donors (Lipinski definition) is 0. The molecule has 25 heavy (non-hydrogen) atoms. The average Bonchev–Trinajstić information content (AvgIpc) is 2.70. The summed E-state index contributed by atoms with van der Waals surface area (Å²) in [6, 6.07) is 0. The predicted octanol–water partition coefficient (Wildman–Crippen LogP) is 6.88. The minimum absolute atomic E-state index is 0.597. The Labute approximate surface area is 163 Å². The largest absolute Gasteiger partial charge is 0.378 e. The number of allylic oxidation sites excluding steroid dienone is 1. The van der Waals surface area contributed by atoms with Gasteiger partial charge in [-0.1, -0.05) is 12.5 Å². The fourth-order valence-electron chi connectivity index (χ4n) is 5.56. The lowest BCUT2D eigenvalue weighted by Crippen LogP contribution is -2.34. The van der Waals surface area contributed by atoms with Gasteiger partial charge >= 0.3 is 0 Å². The van der Waals surface area contributed by atoms with Crippen molar-refractivity contribution in [2.75, 3.05) is 18.1 Å². The van der Waals surface area contributed by atoms with Crippen LogP contribution in [0.1, 0.15) is 77.6 Å². The van der Waals surface area contributed by atoms with Gasteiger partial charge < -0.3 is 4.74 Å². The molecule has 2 aliphatic heterocycles. The molecule has 0 aromatic heterocycles. The van der Waals surface area contributed by atoms with E-state index in [-0.39, 0.29) is 0 Å². The molecule has 0 aromatic rings. The maximum absolute atomic E-state index is 6.18. The van der Waals surface area contributed by atoms with E-state index in [1.807, 2.05) is 5.57 Å². The lowest BCUT2D eigenvalue weighted by molar-refractivity contribution is -0.0565. The molecule has 0 N–H and O–H groups in total. The molecule has 2 aliphatic carbocycles. The Kier molecular flexibility index (Phi) is 6.80. The van der Waals surface area contributed by atoms with Gasteiger partial charge in [-0.15, -0.1) is 23.5 Å². The topological polar surface area (TPSA) is 9.23 Å². The fourth-order valence-corrected chi connectivity index (χ4v) is 8.34. The van der Waals surface area contributed by atoms with E-state index in [0.717, 1.165) is 30.3 Å². The summed E-state index contributed by atoms with van der Waals surface area (Å²) in [7, 11) is 0. The molecule has 2 heterocycles. The second-order valence-corrected chi connectivity index (χ2v) is 11.5. The van der Waals surface area contributed by atoms with E-state index in [1.54, 1.807) is 4.24 Å². The Morgan fingerprint density at radius 1 is 0.760 bits per heavy atom. The molecule has 142 valence electrons. The van der Waals surface area contributed by atoms with E-state index in [0.29, 0.717) is 6.10 Å². The molecule has 2 unspecified atom stereocenters. The van der Waals surface area contributed by atoms with Crippen LogP contribution in [0.3, 0.4) is 0 Å². The zero-order chi connectivity index (χ0) is 17.1. The number of ether oxygens (including phenoxy) is 1. The Morgan fingerprint density at radius 3 is 2.04 bits per heavy atom. The fraction of sp³-hybridized carbons (Fsp3) is 0.909. The van der Waals surface area contributed by atoms with Crippen molar-refractivity contribution in [2.45, 2.75) is 83.7 Å². The number of thioether (sulfide) groups is 2.